The Hall–Kier alpha value is -4.48. The molecule has 0 radical (unpaired) electrons. The molecule has 3 unspecified atom stereocenters. The molecule has 2 amide bonds. The molecule has 0 bridgehead atoms. The van der Waals surface area contributed by atoms with E-state index in [9.17, 15) is 18.4 Å². The summed E-state index contributed by atoms with van der Waals surface area (Å²) < 4.78 is 29.5. The molecule has 1 aliphatic heterocycles. The number of hydrogen-bond acceptors (Lipinski definition) is 6. The van der Waals surface area contributed by atoms with E-state index < -0.39 is 36.0 Å². The summed E-state index contributed by atoms with van der Waals surface area (Å²) in [6, 6.07) is 10.6. The van der Waals surface area contributed by atoms with E-state index in [4.69, 9.17) is 0 Å². The van der Waals surface area contributed by atoms with Crippen molar-refractivity contribution in [2.24, 2.45) is 0 Å². The molecule has 10 nitrogen and oxygen atoms in total. The van der Waals surface area contributed by atoms with Crippen LogP contribution in [-0.4, -0.2) is 66.1 Å². The van der Waals surface area contributed by atoms with Gasteiger partial charge in [-0.05, 0) is 35.2 Å². The number of amides is 2. The fraction of sp³-hybridized carbons (Fsp3) is 0.333. The highest BCUT2D eigenvalue weighted by molar-refractivity contribution is 5.89. The van der Waals surface area contributed by atoms with E-state index in [-0.39, 0.29) is 31.0 Å². The summed E-state index contributed by atoms with van der Waals surface area (Å²) in [5.74, 6) is -1.68. The van der Waals surface area contributed by atoms with Gasteiger partial charge in [0.05, 0.1) is 42.3 Å². The van der Waals surface area contributed by atoms with Crippen LogP contribution in [0.2, 0.25) is 0 Å². The maximum atomic E-state index is 15.0. The Morgan fingerprint density at radius 3 is 2.72 bits per heavy atom. The van der Waals surface area contributed by atoms with Gasteiger partial charge < -0.3 is 10.2 Å². The fourth-order valence-electron chi connectivity index (χ4n) is 4.80. The van der Waals surface area contributed by atoms with Crippen LogP contribution in [0.5, 0.6) is 0 Å². The van der Waals surface area contributed by atoms with Gasteiger partial charge >= 0.3 is 0 Å². The summed E-state index contributed by atoms with van der Waals surface area (Å²) in [5.41, 5.74) is 3.39. The Kier molecular flexibility index (Phi) is 7.44. The van der Waals surface area contributed by atoms with Gasteiger partial charge in [0.25, 0.3) is 0 Å². The quantitative estimate of drug-likeness (QED) is 0.297. The molecule has 39 heavy (non-hydrogen) atoms. The standard InChI is InChI=1S/C27H28F2N8O2/c1-15(2)20-6-7-22(32-26(20)29)25(17-5-3-4-16(10-17)21-8-9-30-35-21)33-27(39)23-11-18(28)14-37(23)24(38)12-19-13-31-36-34-19/h3-10,13,15,18,23,25H,11-12,14H2,1-2H3,(H,30,35)(H,33,39)(H,31,34,36). The first kappa shape index (κ1) is 26.1. The molecule has 202 valence electrons. The van der Waals surface area contributed by atoms with E-state index in [0.29, 0.717) is 16.8 Å². The average molecular weight is 535 g/mol. The third kappa shape index (κ3) is 5.69. The lowest BCUT2D eigenvalue weighted by Gasteiger charge is -2.27. The lowest BCUT2D eigenvalue weighted by Crippen LogP contribution is -2.47. The van der Waals surface area contributed by atoms with Crippen molar-refractivity contribution in [2.75, 3.05) is 6.54 Å². The highest BCUT2D eigenvalue weighted by Gasteiger charge is 2.40. The molecule has 3 atom stereocenters. The van der Waals surface area contributed by atoms with Crippen LogP contribution in [0.25, 0.3) is 11.3 Å². The molecule has 12 heteroatoms. The zero-order valence-corrected chi connectivity index (χ0v) is 21.4. The van der Waals surface area contributed by atoms with E-state index in [0.717, 1.165) is 11.3 Å². The number of rotatable bonds is 8. The molecule has 1 fully saturated rings. The monoisotopic (exact) mass is 534 g/mol. The Morgan fingerprint density at radius 2 is 2.03 bits per heavy atom. The van der Waals surface area contributed by atoms with Gasteiger partial charge in [0, 0.05) is 18.2 Å². The number of pyridine rings is 1. The number of alkyl halides is 1. The van der Waals surface area contributed by atoms with Crippen molar-refractivity contribution in [3.63, 3.8) is 0 Å². The van der Waals surface area contributed by atoms with Gasteiger partial charge in [-0.1, -0.05) is 43.3 Å². The Balaban J connectivity index is 1.46. The number of halogens is 2. The number of nitrogens with zero attached hydrogens (tertiary/aromatic N) is 5. The number of aromatic nitrogens is 6. The van der Waals surface area contributed by atoms with Crippen molar-refractivity contribution in [1.29, 1.82) is 0 Å². The topological polar surface area (TPSA) is 133 Å². The number of likely N-dealkylation sites (tertiary alicyclic amines) is 1. The van der Waals surface area contributed by atoms with Crippen molar-refractivity contribution < 1.29 is 18.4 Å². The van der Waals surface area contributed by atoms with Crippen molar-refractivity contribution in [3.05, 3.63) is 83.3 Å². The lowest BCUT2D eigenvalue weighted by atomic mass is 9.97. The summed E-state index contributed by atoms with van der Waals surface area (Å²) >= 11 is 0. The Bertz CT molecular complexity index is 1440. The molecule has 5 rings (SSSR count). The molecule has 3 aromatic heterocycles. The first-order valence-electron chi connectivity index (χ1n) is 12.6. The van der Waals surface area contributed by atoms with Crippen LogP contribution in [0.4, 0.5) is 8.78 Å². The van der Waals surface area contributed by atoms with Crippen LogP contribution in [0.15, 0.2) is 54.9 Å². The van der Waals surface area contributed by atoms with Gasteiger partial charge in [0.15, 0.2) is 0 Å². The summed E-state index contributed by atoms with van der Waals surface area (Å²) in [6.45, 7) is 3.53. The molecule has 0 saturated carbocycles. The number of aromatic amines is 2. The first-order valence-corrected chi connectivity index (χ1v) is 12.6. The van der Waals surface area contributed by atoms with E-state index in [1.807, 2.05) is 32.0 Å². The van der Waals surface area contributed by atoms with Crippen LogP contribution in [-0.2, 0) is 16.0 Å². The highest BCUT2D eigenvalue weighted by atomic mass is 19.1. The number of benzene rings is 1. The summed E-state index contributed by atoms with van der Waals surface area (Å²) in [7, 11) is 0. The van der Waals surface area contributed by atoms with Crippen molar-refractivity contribution in [2.45, 2.75) is 50.9 Å². The zero-order valence-electron chi connectivity index (χ0n) is 21.4. The molecule has 0 spiro atoms. The predicted molar refractivity (Wildman–Crippen MR) is 137 cm³/mol. The van der Waals surface area contributed by atoms with E-state index in [1.165, 1.54) is 11.1 Å². The average Bonchev–Trinajstić information content (AvgIpc) is 3.69. The van der Waals surface area contributed by atoms with Crippen LogP contribution in [0.3, 0.4) is 0 Å². The minimum Gasteiger partial charge on any atom is -0.342 e. The molecule has 0 aliphatic carbocycles. The third-order valence-corrected chi connectivity index (χ3v) is 6.81. The van der Waals surface area contributed by atoms with Crippen molar-refractivity contribution in [1.82, 2.24) is 40.8 Å². The highest BCUT2D eigenvalue weighted by Crippen LogP contribution is 2.29. The van der Waals surface area contributed by atoms with Gasteiger partial charge in [-0.25, -0.2) is 9.37 Å². The second kappa shape index (κ2) is 11.1. The summed E-state index contributed by atoms with van der Waals surface area (Å²) in [4.78, 5) is 32.0. The molecule has 1 saturated heterocycles. The molecule has 1 aliphatic rings. The second-order valence-corrected chi connectivity index (χ2v) is 9.86. The minimum absolute atomic E-state index is 0.0760. The SMILES string of the molecule is CC(C)c1ccc(C(NC(=O)C2CC(F)CN2C(=O)Cc2cnn[nH]2)c2cccc(-c3ccn[nH]3)c2)nc1F. The molecular weight excluding hydrogens is 506 g/mol. The van der Waals surface area contributed by atoms with Crippen molar-refractivity contribution in [3.8, 4) is 11.3 Å². The Labute approximate surface area is 223 Å². The van der Waals surface area contributed by atoms with Crippen LogP contribution in [0, 0.1) is 5.95 Å². The number of H-pyrrole nitrogens is 2. The van der Waals surface area contributed by atoms with Crippen molar-refractivity contribution >= 4 is 11.8 Å². The lowest BCUT2D eigenvalue weighted by molar-refractivity contribution is -0.138. The van der Waals surface area contributed by atoms with Crippen LogP contribution >= 0.6 is 0 Å². The molecular formula is C27H28F2N8O2. The van der Waals surface area contributed by atoms with Gasteiger partial charge in [-0.2, -0.15) is 9.49 Å². The minimum atomic E-state index is -1.35. The van der Waals surface area contributed by atoms with Gasteiger partial charge in [-0.3, -0.25) is 19.8 Å². The van der Waals surface area contributed by atoms with E-state index in [2.05, 4.69) is 35.9 Å². The van der Waals surface area contributed by atoms with Gasteiger partial charge in [0.1, 0.15) is 12.2 Å². The van der Waals surface area contributed by atoms with E-state index >= 15 is 0 Å². The predicted octanol–water partition coefficient (Wildman–Crippen LogP) is 3.24. The number of hydrogen-bond donors (Lipinski definition) is 3. The summed E-state index contributed by atoms with van der Waals surface area (Å²) in [5, 5.41) is 19.7. The molecule has 4 heterocycles. The number of carbonyl (C=O) groups is 2. The van der Waals surface area contributed by atoms with Crippen LogP contribution in [0.1, 0.15) is 54.7 Å². The fourth-order valence-corrected chi connectivity index (χ4v) is 4.80. The second-order valence-electron chi connectivity index (χ2n) is 9.86. The number of nitrogens with one attached hydrogen (secondary N) is 3. The third-order valence-electron chi connectivity index (χ3n) is 6.81. The van der Waals surface area contributed by atoms with Gasteiger partial charge in [-0.15, -0.1) is 5.10 Å². The maximum absolute atomic E-state index is 15.0. The van der Waals surface area contributed by atoms with E-state index in [1.54, 1.807) is 30.5 Å². The maximum Gasteiger partial charge on any atom is 0.243 e. The first-order chi connectivity index (χ1) is 18.8. The largest absolute Gasteiger partial charge is 0.342 e. The smallest absolute Gasteiger partial charge is 0.243 e. The normalized spacial score (nSPS) is 17.9. The number of carbonyl (C=O) groups excluding carboxylic acids is 2. The summed E-state index contributed by atoms with van der Waals surface area (Å²) in [6.07, 6.45) is 1.43. The van der Waals surface area contributed by atoms with Crippen LogP contribution < -0.4 is 5.32 Å². The molecule has 4 aromatic rings. The molecule has 1 aromatic carbocycles. The molecule has 3 N–H and O–H groups in total. The zero-order chi connectivity index (χ0) is 27.5. The van der Waals surface area contributed by atoms with Gasteiger partial charge in [0.2, 0.25) is 17.8 Å². The Morgan fingerprint density at radius 1 is 1.18 bits per heavy atom.